The average Bonchev–Trinajstić information content (AvgIpc) is 2.95. The molecule has 8 heteroatoms. The van der Waals surface area contributed by atoms with Crippen molar-refractivity contribution in [1.29, 1.82) is 0 Å². The van der Waals surface area contributed by atoms with Gasteiger partial charge in [0.05, 0.1) is 30.8 Å². The van der Waals surface area contributed by atoms with Gasteiger partial charge < -0.3 is 19.4 Å². The van der Waals surface area contributed by atoms with E-state index in [4.69, 9.17) is 9.47 Å². The molecule has 1 aromatic carbocycles. The summed E-state index contributed by atoms with van der Waals surface area (Å²) in [6.45, 7) is 1.76. The first-order chi connectivity index (χ1) is 12.0. The normalized spacial score (nSPS) is 10.7. The van der Waals surface area contributed by atoms with Crippen molar-refractivity contribution < 1.29 is 14.3 Å². The SMILES string of the molecule is COc1ccc(NC(=O)c2sc3ncn(C)c(=O)c3c2C)cc1OC. The second kappa shape index (κ2) is 6.56. The van der Waals surface area contributed by atoms with Crippen LogP contribution in [0.25, 0.3) is 10.2 Å². The number of benzene rings is 1. The maximum absolute atomic E-state index is 12.6. The van der Waals surface area contributed by atoms with Gasteiger partial charge in [-0.15, -0.1) is 11.3 Å². The fourth-order valence-electron chi connectivity index (χ4n) is 2.53. The molecule has 0 fully saturated rings. The minimum absolute atomic E-state index is 0.163. The molecule has 2 heterocycles. The van der Waals surface area contributed by atoms with Crippen molar-refractivity contribution in [3.05, 3.63) is 45.3 Å². The van der Waals surface area contributed by atoms with Crippen LogP contribution in [0.5, 0.6) is 11.5 Å². The van der Waals surface area contributed by atoms with E-state index in [0.717, 1.165) is 0 Å². The van der Waals surface area contributed by atoms with Crippen molar-refractivity contribution in [2.75, 3.05) is 19.5 Å². The van der Waals surface area contributed by atoms with Gasteiger partial charge in [-0.3, -0.25) is 9.59 Å². The maximum Gasteiger partial charge on any atom is 0.266 e. The number of nitrogens with zero attached hydrogens (tertiary/aromatic N) is 2. The molecule has 0 aliphatic heterocycles. The third-order valence-electron chi connectivity index (χ3n) is 3.86. The molecule has 0 aliphatic carbocycles. The van der Waals surface area contributed by atoms with Crippen LogP contribution in [0.2, 0.25) is 0 Å². The van der Waals surface area contributed by atoms with Gasteiger partial charge in [0.2, 0.25) is 0 Å². The number of hydrogen-bond acceptors (Lipinski definition) is 6. The lowest BCUT2D eigenvalue weighted by Gasteiger charge is -2.10. The van der Waals surface area contributed by atoms with Crippen LogP contribution in [0.1, 0.15) is 15.2 Å². The summed E-state index contributed by atoms with van der Waals surface area (Å²) in [7, 11) is 4.71. The zero-order valence-corrected chi connectivity index (χ0v) is 15.1. The monoisotopic (exact) mass is 359 g/mol. The molecule has 25 heavy (non-hydrogen) atoms. The Morgan fingerprint density at radius 3 is 2.64 bits per heavy atom. The Bertz CT molecular complexity index is 1020. The highest BCUT2D eigenvalue weighted by atomic mass is 32.1. The second-order valence-corrected chi connectivity index (χ2v) is 6.42. The summed E-state index contributed by atoms with van der Waals surface area (Å²) in [5, 5.41) is 3.30. The molecule has 3 rings (SSSR count). The van der Waals surface area contributed by atoms with E-state index >= 15 is 0 Å². The summed E-state index contributed by atoms with van der Waals surface area (Å²) in [6.07, 6.45) is 1.45. The Hall–Kier alpha value is -2.87. The number of rotatable bonds is 4. The second-order valence-electron chi connectivity index (χ2n) is 5.42. The van der Waals surface area contributed by atoms with Crippen molar-refractivity contribution in [3.63, 3.8) is 0 Å². The van der Waals surface area contributed by atoms with Gasteiger partial charge in [-0.1, -0.05) is 0 Å². The number of anilines is 1. The van der Waals surface area contributed by atoms with Gasteiger partial charge in [0.25, 0.3) is 11.5 Å². The standard InChI is InChI=1S/C17H17N3O4S/c1-9-13-16(18-8-20(2)17(13)22)25-14(9)15(21)19-10-5-6-11(23-3)12(7-10)24-4/h5-8H,1-4H3,(H,19,21). The predicted octanol–water partition coefficient (Wildman–Crippen LogP) is 2.57. The number of amides is 1. The molecule has 0 unspecified atom stereocenters. The van der Waals surface area contributed by atoms with Gasteiger partial charge in [-0.05, 0) is 24.6 Å². The van der Waals surface area contributed by atoms with E-state index in [0.29, 0.717) is 37.8 Å². The zero-order chi connectivity index (χ0) is 18.1. The lowest BCUT2D eigenvalue weighted by Crippen LogP contribution is -2.17. The largest absolute Gasteiger partial charge is 0.493 e. The quantitative estimate of drug-likeness (QED) is 0.774. The van der Waals surface area contributed by atoms with Crippen LogP contribution in [0.3, 0.4) is 0 Å². The van der Waals surface area contributed by atoms with Crippen LogP contribution in [0.15, 0.2) is 29.3 Å². The van der Waals surface area contributed by atoms with E-state index in [9.17, 15) is 9.59 Å². The van der Waals surface area contributed by atoms with Gasteiger partial charge in [-0.2, -0.15) is 0 Å². The molecular formula is C17H17N3O4S. The number of nitrogens with one attached hydrogen (secondary N) is 1. The van der Waals surface area contributed by atoms with Crippen LogP contribution < -0.4 is 20.3 Å². The van der Waals surface area contributed by atoms with Crippen molar-refractivity contribution >= 4 is 33.1 Å². The molecule has 1 amide bonds. The molecule has 0 atom stereocenters. The Morgan fingerprint density at radius 2 is 1.96 bits per heavy atom. The van der Waals surface area contributed by atoms with Crippen molar-refractivity contribution in [3.8, 4) is 11.5 Å². The minimum atomic E-state index is -0.297. The van der Waals surface area contributed by atoms with Crippen LogP contribution in [-0.2, 0) is 7.05 Å². The van der Waals surface area contributed by atoms with E-state index in [2.05, 4.69) is 10.3 Å². The molecule has 2 aromatic heterocycles. The van der Waals surface area contributed by atoms with Gasteiger partial charge in [0.15, 0.2) is 11.5 Å². The number of hydrogen-bond donors (Lipinski definition) is 1. The highest BCUT2D eigenvalue weighted by molar-refractivity contribution is 7.20. The maximum atomic E-state index is 12.6. The van der Waals surface area contributed by atoms with E-state index < -0.39 is 0 Å². The topological polar surface area (TPSA) is 82.5 Å². The summed E-state index contributed by atoms with van der Waals surface area (Å²) < 4.78 is 11.8. The Labute approximate surface area is 147 Å². The molecule has 0 saturated carbocycles. The molecule has 0 aliphatic rings. The summed E-state index contributed by atoms with van der Waals surface area (Å²) in [6, 6.07) is 5.11. The highest BCUT2D eigenvalue weighted by Gasteiger charge is 2.19. The highest BCUT2D eigenvalue weighted by Crippen LogP contribution is 2.31. The molecule has 3 aromatic rings. The van der Waals surface area contributed by atoms with Crippen LogP contribution in [0, 0.1) is 6.92 Å². The number of carbonyl (C=O) groups excluding carboxylic acids is 1. The van der Waals surface area contributed by atoms with E-state index in [1.165, 1.54) is 29.3 Å². The van der Waals surface area contributed by atoms with E-state index in [1.807, 2.05) is 0 Å². The number of methoxy groups -OCH3 is 2. The number of carbonyl (C=O) groups is 1. The van der Waals surface area contributed by atoms with E-state index in [-0.39, 0.29) is 11.5 Å². The zero-order valence-electron chi connectivity index (χ0n) is 14.2. The number of aryl methyl sites for hydroxylation is 2. The number of aromatic nitrogens is 2. The molecule has 1 N–H and O–H groups in total. The third kappa shape index (κ3) is 2.96. The van der Waals surface area contributed by atoms with Gasteiger partial charge >= 0.3 is 0 Å². The smallest absolute Gasteiger partial charge is 0.266 e. The Morgan fingerprint density at radius 1 is 1.24 bits per heavy atom. The van der Waals surface area contributed by atoms with Crippen LogP contribution in [-0.4, -0.2) is 29.7 Å². The fraction of sp³-hybridized carbons (Fsp3) is 0.235. The average molecular weight is 359 g/mol. The number of ether oxygens (including phenoxy) is 2. The van der Waals surface area contributed by atoms with Crippen molar-refractivity contribution in [2.24, 2.45) is 7.05 Å². The predicted molar refractivity (Wildman–Crippen MR) is 97.1 cm³/mol. The number of fused-ring (bicyclic) bond motifs is 1. The summed E-state index contributed by atoms with van der Waals surface area (Å²) >= 11 is 1.20. The fourth-order valence-corrected chi connectivity index (χ4v) is 3.56. The van der Waals surface area contributed by atoms with Gasteiger partial charge in [0.1, 0.15) is 4.83 Å². The van der Waals surface area contributed by atoms with Gasteiger partial charge in [0, 0.05) is 18.8 Å². The lowest BCUT2D eigenvalue weighted by atomic mass is 10.2. The molecule has 0 bridgehead atoms. The van der Waals surface area contributed by atoms with Crippen LogP contribution in [0.4, 0.5) is 5.69 Å². The first-order valence-corrected chi connectivity index (χ1v) is 8.26. The Kier molecular flexibility index (Phi) is 4.45. The van der Waals surface area contributed by atoms with Crippen molar-refractivity contribution in [2.45, 2.75) is 6.92 Å². The molecule has 130 valence electrons. The van der Waals surface area contributed by atoms with Gasteiger partial charge in [-0.25, -0.2) is 4.98 Å². The summed E-state index contributed by atoms with van der Waals surface area (Å²) in [5.74, 6) is 0.796. The first kappa shape index (κ1) is 17.0. The third-order valence-corrected chi connectivity index (χ3v) is 5.06. The minimum Gasteiger partial charge on any atom is -0.493 e. The van der Waals surface area contributed by atoms with Crippen LogP contribution >= 0.6 is 11.3 Å². The molecule has 0 saturated heterocycles. The first-order valence-electron chi connectivity index (χ1n) is 7.44. The summed E-state index contributed by atoms with van der Waals surface area (Å²) in [4.78, 5) is 30.2. The molecule has 7 nitrogen and oxygen atoms in total. The lowest BCUT2D eigenvalue weighted by molar-refractivity contribution is 0.103. The number of thiophene rings is 1. The molecule has 0 spiro atoms. The summed E-state index contributed by atoms with van der Waals surface area (Å²) in [5.41, 5.74) is 1.04. The Balaban J connectivity index is 1.97. The van der Waals surface area contributed by atoms with Crippen molar-refractivity contribution in [1.82, 2.24) is 9.55 Å². The molecule has 0 radical (unpaired) electrons. The van der Waals surface area contributed by atoms with E-state index in [1.54, 1.807) is 39.3 Å². The molecular weight excluding hydrogens is 342 g/mol.